The number of ether oxygens (including phenoxy) is 1. The fourth-order valence-electron chi connectivity index (χ4n) is 2.66. The van der Waals surface area contributed by atoms with E-state index in [4.69, 9.17) is 9.15 Å². The second-order valence-electron chi connectivity index (χ2n) is 6.25. The van der Waals surface area contributed by atoms with Crippen LogP contribution in [-0.2, 0) is 11.3 Å². The van der Waals surface area contributed by atoms with Crippen molar-refractivity contribution < 1.29 is 14.3 Å². The molecular weight excluding hydrogens is 268 g/mol. The highest BCUT2D eigenvalue weighted by Gasteiger charge is 2.19. The Morgan fingerprint density at radius 3 is 2.67 bits per heavy atom. The molecule has 1 aromatic rings. The highest BCUT2D eigenvalue weighted by Crippen LogP contribution is 2.25. The molecule has 1 heterocycles. The summed E-state index contributed by atoms with van der Waals surface area (Å²) in [6, 6.07) is 0. The second kappa shape index (κ2) is 7.92. The highest BCUT2D eigenvalue weighted by atomic mass is 16.5. The Morgan fingerprint density at radius 2 is 2.05 bits per heavy atom. The van der Waals surface area contributed by atoms with Crippen molar-refractivity contribution >= 4 is 0 Å². The fraction of sp³-hybridized carbons (Fsp3) is 0.812. The summed E-state index contributed by atoms with van der Waals surface area (Å²) >= 11 is 0. The van der Waals surface area contributed by atoms with Gasteiger partial charge in [0, 0.05) is 6.54 Å². The lowest BCUT2D eigenvalue weighted by molar-refractivity contribution is -0.0279. The molecule has 0 saturated heterocycles. The van der Waals surface area contributed by atoms with Crippen molar-refractivity contribution in [2.75, 3.05) is 13.2 Å². The van der Waals surface area contributed by atoms with Crippen LogP contribution in [0, 0.1) is 19.8 Å². The number of aryl methyl sites for hydroxylation is 2. The first-order valence-corrected chi connectivity index (χ1v) is 7.98. The molecule has 5 heteroatoms. The molecule has 21 heavy (non-hydrogen) atoms. The van der Waals surface area contributed by atoms with Crippen molar-refractivity contribution in [1.82, 2.24) is 10.3 Å². The number of oxazole rings is 1. The van der Waals surface area contributed by atoms with Gasteiger partial charge in [-0.3, -0.25) is 0 Å². The van der Waals surface area contributed by atoms with E-state index in [1.807, 2.05) is 13.8 Å². The zero-order chi connectivity index (χ0) is 15.2. The smallest absolute Gasteiger partial charge is 0.208 e. The van der Waals surface area contributed by atoms with Gasteiger partial charge < -0.3 is 19.6 Å². The van der Waals surface area contributed by atoms with E-state index in [-0.39, 0.29) is 0 Å². The highest BCUT2D eigenvalue weighted by molar-refractivity contribution is 5.05. The number of aliphatic hydroxyl groups is 1. The van der Waals surface area contributed by atoms with Gasteiger partial charge in [-0.15, -0.1) is 0 Å². The number of nitrogens with zero attached hydrogens (tertiary/aromatic N) is 1. The summed E-state index contributed by atoms with van der Waals surface area (Å²) in [5, 5.41) is 13.1. The van der Waals surface area contributed by atoms with Crippen LogP contribution in [0.15, 0.2) is 4.42 Å². The summed E-state index contributed by atoms with van der Waals surface area (Å²) in [5.74, 6) is 2.34. The summed E-state index contributed by atoms with van der Waals surface area (Å²) < 4.78 is 11.3. The van der Waals surface area contributed by atoms with Crippen molar-refractivity contribution in [2.45, 2.75) is 65.2 Å². The first-order valence-electron chi connectivity index (χ1n) is 7.98. The van der Waals surface area contributed by atoms with Gasteiger partial charge in [-0.1, -0.05) is 6.92 Å². The molecular formula is C16H28N2O3. The zero-order valence-corrected chi connectivity index (χ0v) is 13.4. The average Bonchev–Trinajstić information content (AvgIpc) is 2.77. The van der Waals surface area contributed by atoms with Gasteiger partial charge in [0.15, 0.2) is 0 Å². The van der Waals surface area contributed by atoms with Gasteiger partial charge in [-0.05, 0) is 45.4 Å². The molecule has 1 aliphatic rings. The van der Waals surface area contributed by atoms with E-state index in [9.17, 15) is 5.11 Å². The van der Waals surface area contributed by atoms with E-state index in [1.54, 1.807) is 0 Å². The Balaban J connectivity index is 1.58. The predicted molar refractivity (Wildman–Crippen MR) is 81.1 cm³/mol. The minimum atomic E-state index is -0.485. The van der Waals surface area contributed by atoms with Crippen LogP contribution in [0.25, 0.3) is 0 Å². The van der Waals surface area contributed by atoms with Crippen LogP contribution in [0.2, 0.25) is 0 Å². The number of aromatic nitrogens is 1. The van der Waals surface area contributed by atoms with Crippen LogP contribution in [0.5, 0.6) is 0 Å². The van der Waals surface area contributed by atoms with Crippen LogP contribution < -0.4 is 5.32 Å². The molecule has 120 valence electrons. The van der Waals surface area contributed by atoms with Crippen molar-refractivity contribution in [1.29, 1.82) is 0 Å². The third kappa shape index (κ3) is 5.41. The number of nitrogens with one attached hydrogen (secondary N) is 1. The Bertz CT molecular complexity index is 406. The molecule has 1 aliphatic carbocycles. The first-order chi connectivity index (χ1) is 10.0. The average molecular weight is 296 g/mol. The molecule has 0 spiro atoms. The Morgan fingerprint density at radius 1 is 1.33 bits per heavy atom. The molecule has 1 fully saturated rings. The monoisotopic (exact) mass is 296 g/mol. The molecule has 0 radical (unpaired) electrons. The molecule has 1 saturated carbocycles. The zero-order valence-electron chi connectivity index (χ0n) is 13.4. The van der Waals surface area contributed by atoms with Gasteiger partial charge in [-0.2, -0.15) is 0 Å². The van der Waals surface area contributed by atoms with Gasteiger partial charge in [0.25, 0.3) is 0 Å². The van der Waals surface area contributed by atoms with Crippen molar-refractivity contribution in [3.63, 3.8) is 0 Å². The predicted octanol–water partition coefficient (Wildman–Crippen LogP) is 2.34. The molecule has 1 unspecified atom stereocenters. The third-order valence-electron chi connectivity index (χ3n) is 4.22. The van der Waals surface area contributed by atoms with Crippen molar-refractivity contribution in [3.8, 4) is 0 Å². The number of hydrogen-bond donors (Lipinski definition) is 2. The Hall–Kier alpha value is -0.910. The van der Waals surface area contributed by atoms with Crippen molar-refractivity contribution in [3.05, 3.63) is 17.3 Å². The molecule has 1 aromatic heterocycles. The van der Waals surface area contributed by atoms with E-state index < -0.39 is 6.10 Å². The summed E-state index contributed by atoms with van der Waals surface area (Å²) in [6.45, 7) is 7.54. The SMILES string of the molecule is Cc1nc(CNCC(O)COC2CCC(C)CC2)oc1C. The first kappa shape index (κ1) is 16.5. The molecule has 2 rings (SSSR count). The van der Waals surface area contributed by atoms with E-state index in [0.717, 1.165) is 30.2 Å². The summed E-state index contributed by atoms with van der Waals surface area (Å²) in [7, 11) is 0. The van der Waals surface area contributed by atoms with E-state index >= 15 is 0 Å². The lowest BCUT2D eigenvalue weighted by Gasteiger charge is -2.27. The number of rotatable bonds is 7. The maximum Gasteiger partial charge on any atom is 0.208 e. The van der Waals surface area contributed by atoms with Gasteiger partial charge in [0.05, 0.1) is 31.1 Å². The van der Waals surface area contributed by atoms with Crippen LogP contribution in [0.1, 0.15) is 50.0 Å². The van der Waals surface area contributed by atoms with Gasteiger partial charge in [-0.25, -0.2) is 4.98 Å². The maximum atomic E-state index is 9.93. The van der Waals surface area contributed by atoms with Crippen LogP contribution in [0.4, 0.5) is 0 Å². The van der Waals surface area contributed by atoms with Gasteiger partial charge in [0.1, 0.15) is 5.76 Å². The molecule has 0 amide bonds. The molecule has 0 aromatic carbocycles. The van der Waals surface area contributed by atoms with Crippen LogP contribution in [0.3, 0.4) is 0 Å². The summed E-state index contributed by atoms with van der Waals surface area (Å²) in [5.41, 5.74) is 0.919. The second-order valence-corrected chi connectivity index (χ2v) is 6.25. The maximum absolute atomic E-state index is 9.93. The number of aliphatic hydroxyl groups excluding tert-OH is 1. The molecule has 1 atom stereocenters. The third-order valence-corrected chi connectivity index (χ3v) is 4.22. The Kier molecular flexibility index (Phi) is 6.21. The minimum Gasteiger partial charge on any atom is -0.444 e. The lowest BCUT2D eigenvalue weighted by atomic mass is 9.89. The van der Waals surface area contributed by atoms with Crippen molar-refractivity contribution in [2.24, 2.45) is 5.92 Å². The van der Waals surface area contributed by atoms with Crippen LogP contribution in [-0.4, -0.2) is 35.5 Å². The minimum absolute atomic E-state index is 0.327. The topological polar surface area (TPSA) is 67.5 Å². The van der Waals surface area contributed by atoms with E-state index in [0.29, 0.717) is 31.7 Å². The van der Waals surface area contributed by atoms with Gasteiger partial charge >= 0.3 is 0 Å². The largest absolute Gasteiger partial charge is 0.444 e. The van der Waals surface area contributed by atoms with Crippen LogP contribution >= 0.6 is 0 Å². The number of hydrogen-bond acceptors (Lipinski definition) is 5. The van der Waals surface area contributed by atoms with E-state index in [1.165, 1.54) is 12.8 Å². The molecule has 5 nitrogen and oxygen atoms in total. The quantitative estimate of drug-likeness (QED) is 0.808. The summed E-state index contributed by atoms with van der Waals surface area (Å²) in [4.78, 5) is 4.29. The molecule has 2 N–H and O–H groups in total. The summed E-state index contributed by atoms with van der Waals surface area (Å²) in [6.07, 6.45) is 4.56. The lowest BCUT2D eigenvalue weighted by Crippen LogP contribution is -2.32. The normalized spacial score (nSPS) is 24.2. The standard InChI is InChI=1S/C16H28N2O3/c1-11-4-6-15(7-5-11)20-10-14(19)8-17-9-16-18-12(2)13(3)21-16/h11,14-15,17,19H,4-10H2,1-3H3. The van der Waals surface area contributed by atoms with E-state index in [2.05, 4.69) is 17.2 Å². The fourth-order valence-corrected chi connectivity index (χ4v) is 2.66. The molecule has 0 bridgehead atoms. The molecule has 0 aliphatic heterocycles. The van der Waals surface area contributed by atoms with Gasteiger partial charge in [0.2, 0.25) is 5.89 Å². The Labute approximate surface area is 127 Å².